The van der Waals surface area contributed by atoms with Gasteiger partial charge in [-0.05, 0) is 63.0 Å². The Morgan fingerprint density at radius 3 is 2.74 bits per heavy atom. The fourth-order valence-corrected chi connectivity index (χ4v) is 2.37. The molecule has 0 unspecified atom stereocenters. The summed E-state index contributed by atoms with van der Waals surface area (Å²) in [7, 11) is 0. The molecule has 0 saturated heterocycles. The smallest absolute Gasteiger partial charge is 0.264 e. The average molecular weight is 434 g/mol. The number of rotatable bonds is 3. The molecule has 1 N–H and O–H groups in total. The molecule has 2 heterocycles. The third-order valence-corrected chi connectivity index (χ3v) is 4.08. The number of nitrogens with zero attached hydrogens (tertiary/aromatic N) is 2. The van der Waals surface area contributed by atoms with Gasteiger partial charge in [-0.25, -0.2) is 4.98 Å². The van der Waals surface area contributed by atoms with Gasteiger partial charge in [0.25, 0.3) is 5.56 Å². The third kappa shape index (κ3) is 3.62. The SMILES string of the molecule is CC(C)Cc1nc(-c2ccc(Br)cn2)[nH]c(=O)c1I. The minimum absolute atomic E-state index is 0.106. The first-order chi connectivity index (χ1) is 8.97. The Hall–Kier alpha value is -0.760. The minimum Gasteiger partial charge on any atom is -0.304 e. The lowest BCUT2D eigenvalue weighted by molar-refractivity contribution is 0.631. The number of hydrogen-bond donors (Lipinski definition) is 1. The average Bonchev–Trinajstić information content (AvgIpc) is 2.35. The van der Waals surface area contributed by atoms with Gasteiger partial charge in [0.1, 0.15) is 5.69 Å². The maximum atomic E-state index is 11.9. The van der Waals surface area contributed by atoms with Crippen LogP contribution in [0.4, 0.5) is 0 Å². The van der Waals surface area contributed by atoms with Crippen LogP contribution in [0.2, 0.25) is 0 Å². The Labute approximate surface area is 133 Å². The first-order valence-corrected chi connectivity index (χ1v) is 7.75. The predicted molar refractivity (Wildman–Crippen MR) is 87.0 cm³/mol. The van der Waals surface area contributed by atoms with E-state index in [1.807, 2.05) is 34.7 Å². The van der Waals surface area contributed by atoms with Gasteiger partial charge in [0.05, 0.1) is 9.26 Å². The topological polar surface area (TPSA) is 58.6 Å². The zero-order valence-corrected chi connectivity index (χ0v) is 14.3. The highest BCUT2D eigenvalue weighted by Gasteiger charge is 2.12. The van der Waals surface area contributed by atoms with E-state index in [4.69, 9.17) is 0 Å². The number of aromatic nitrogens is 3. The van der Waals surface area contributed by atoms with E-state index < -0.39 is 0 Å². The van der Waals surface area contributed by atoms with Crippen molar-refractivity contribution in [2.45, 2.75) is 20.3 Å². The van der Waals surface area contributed by atoms with Crippen LogP contribution in [0.1, 0.15) is 19.5 Å². The standard InChI is InChI=1S/C13H13BrIN3O/c1-7(2)5-10-11(15)13(19)18-12(17-10)9-4-3-8(14)6-16-9/h3-4,6-7H,5H2,1-2H3,(H,17,18,19). The van der Waals surface area contributed by atoms with Crippen LogP contribution in [-0.2, 0) is 6.42 Å². The van der Waals surface area contributed by atoms with Crippen LogP contribution in [0, 0.1) is 9.49 Å². The second-order valence-corrected chi connectivity index (χ2v) is 6.63. The van der Waals surface area contributed by atoms with Crippen LogP contribution >= 0.6 is 38.5 Å². The Balaban J connectivity index is 2.50. The summed E-state index contributed by atoms with van der Waals surface area (Å²) >= 11 is 5.38. The quantitative estimate of drug-likeness (QED) is 0.754. The Morgan fingerprint density at radius 1 is 1.42 bits per heavy atom. The largest absolute Gasteiger partial charge is 0.304 e. The Kier molecular flexibility index (Phi) is 4.72. The highest BCUT2D eigenvalue weighted by atomic mass is 127. The number of halogens is 2. The van der Waals surface area contributed by atoms with Gasteiger partial charge in [0.2, 0.25) is 0 Å². The second kappa shape index (κ2) is 6.13. The van der Waals surface area contributed by atoms with Crippen LogP contribution in [0.5, 0.6) is 0 Å². The molecule has 0 bridgehead atoms. The van der Waals surface area contributed by atoms with E-state index in [1.165, 1.54) is 0 Å². The lowest BCUT2D eigenvalue weighted by Gasteiger charge is -2.08. The molecule has 0 radical (unpaired) electrons. The molecule has 0 atom stereocenters. The molecule has 0 aliphatic rings. The van der Waals surface area contributed by atoms with Crippen LogP contribution in [0.25, 0.3) is 11.5 Å². The maximum Gasteiger partial charge on any atom is 0.264 e. The van der Waals surface area contributed by atoms with Gasteiger partial charge in [-0.15, -0.1) is 0 Å². The molecule has 2 rings (SSSR count). The van der Waals surface area contributed by atoms with E-state index >= 15 is 0 Å². The molecular formula is C13H13BrIN3O. The summed E-state index contributed by atoms with van der Waals surface area (Å²) < 4.78 is 1.55. The number of nitrogens with one attached hydrogen (secondary N) is 1. The summed E-state index contributed by atoms with van der Waals surface area (Å²) in [6.07, 6.45) is 2.47. The Morgan fingerprint density at radius 2 is 2.16 bits per heavy atom. The van der Waals surface area contributed by atoms with E-state index in [9.17, 15) is 4.79 Å². The predicted octanol–water partition coefficient (Wildman–Crippen LogP) is 3.40. The molecule has 4 nitrogen and oxygen atoms in total. The van der Waals surface area contributed by atoms with Crippen molar-refractivity contribution < 1.29 is 0 Å². The molecule has 0 aliphatic carbocycles. The van der Waals surface area contributed by atoms with Crippen molar-refractivity contribution in [3.05, 3.63) is 42.4 Å². The van der Waals surface area contributed by atoms with Gasteiger partial charge in [-0.1, -0.05) is 13.8 Å². The number of aromatic amines is 1. The molecule has 2 aromatic rings. The van der Waals surface area contributed by atoms with E-state index in [1.54, 1.807) is 6.20 Å². The van der Waals surface area contributed by atoms with E-state index in [-0.39, 0.29) is 5.56 Å². The highest BCUT2D eigenvalue weighted by molar-refractivity contribution is 14.1. The van der Waals surface area contributed by atoms with Crippen molar-refractivity contribution in [2.75, 3.05) is 0 Å². The minimum atomic E-state index is -0.106. The fourth-order valence-electron chi connectivity index (χ4n) is 1.66. The number of H-pyrrole nitrogens is 1. The summed E-state index contributed by atoms with van der Waals surface area (Å²) in [5.74, 6) is 0.974. The van der Waals surface area contributed by atoms with Crippen molar-refractivity contribution in [1.82, 2.24) is 15.0 Å². The monoisotopic (exact) mass is 433 g/mol. The first kappa shape index (κ1) is 14.6. The number of pyridine rings is 1. The zero-order chi connectivity index (χ0) is 14.0. The van der Waals surface area contributed by atoms with E-state index in [0.717, 1.165) is 16.6 Å². The molecule has 100 valence electrons. The summed E-state index contributed by atoms with van der Waals surface area (Å²) in [5.41, 5.74) is 1.40. The van der Waals surface area contributed by atoms with Crippen molar-refractivity contribution in [2.24, 2.45) is 5.92 Å². The lowest BCUT2D eigenvalue weighted by Crippen LogP contribution is -2.17. The molecule has 0 saturated carbocycles. The lowest BCUT2D eigenvalue weighted by atomic mass is 10.1. The summed E-state index contributed by atoms with van der Waals surface area (Å²) in [4.78, 5) is 23.5. The summed E-state index contributed by atoms with van der Waals surface area (Å²) in [5, 5.41) is 0. The Bertz CT molecular complexity index is 637. The van der Waals surface area contributed by atoms with Crippen molar-refractivity contribution in [1.29, 1.82) is 0 Å². The highest BCUT2D eigenvalue weighted by Crippen LogP contribution is 2.17. The van der Waals surface area contributed by atoms with Crippen LogP contribution < -0.4 is 5.56 Å². The van der Waals surface area contributed by atoms with Crippen molar-refractivity contribution >= 4 is 38.5 Å². The molecular weight excluding hydrogens is 421 g/mol. The second-order valence-electron chi connectivity index (χ2n) is 4.63. The van der Waals surface area contributed by atoms with Gasteiger partial charge in [0, 0.05) is 10.7 Å². The van der Waals surface area contributed by atoms with Gasteiger partial charge in [-0.3, -0.25) is 9.78 Å². The van der Waals surface area contributed by atoms with Crippen molar-refractivity contribution in [3.8, 4) is 11.5 Å². The molecule has 6 heteroatoms. The molecule has 0 spiro atoms. The van der Waals surface area contributed by atoms with E-state index in [2.05, 4.69) is 44.7 Å². The molecule has 0 aliphatic heterocycles. The molecule has 0 fully saturated rings. The third-order valence-electron chi connectivity index (χ3n) is 2.50. The summed E-state index contributed by atoms with van der Waals surface area (Å²) in [6.45, 7) is 4.22. The zero-order valence-electron chi connectivity index (χ0n) is 10.6. The maximum absolute atomic E-state index is 11.9. The van der Waals surface area contributed by atoms with Gasteiger partial charge < -0.3 is 4.98 Å². The molecule has 2 aromatic heterocycles. The van der Waals surface area contributed by atoms with Gasteiger partial charge >= 0.3 is 0 Å². The van der Waals surface area contributed by atoms with Gasteiger partial charge in [-0.2, -0.15) is 0 Å². The molecule has 0 amide bonds. The summed E-state index contributed by atoms with van der Waals surface area (Å²) in [6, 6.07) is 3.71. The number of hydrogen-bond acceptors (Lipinski definition) is 3. The van der Waals surface area contributed by atoms with Crippen LogP contribution in [0.3, 0.4) is 0 Å². The van der Waals surface area contributed by atoms with E-state index in [0.29, 0.717) is 21.0 Å². The molecule has 19 heavy (non-hydrogen) atoms. The fraction of sp³-hybridized carbons (Fsp3) is 0.308. The molecule has 0 aromatic carbocycles. The van der Waals surface area contributed by atoms with Gasteiger partial charge in [0.15, 0.2) is 5.82 Å². The van der Waals surface area contributed by atoms with Crippen LogP contribution in [0.15, 0.2) is 27.6 Å². The van der Waals surface area contributed by atoms with Crippen LogP contribution in [-0.4, -0.2) is 15.0 Å². The first-order valence-electron chi connectivity index (χ1n) is 5.88. The normalized spacial score (nSPS) is 11.0. The van der Waals surface area contributed by atoms with Crippen molar-refractivity contribution in [3.63, 3.8) is 0 Å².